The summed E-state index contributed by atoms with van der Waals surface area (Å²) in [5.41, 5.74) is 0.382. The number of nitrogen functional groups attached to an aromatic ring is 1. The van der Waals surface area contributed by atoms with Crippen molar-refractivity contribution in [3.8, 4) is 11.4 Å². The molecule has 0 aliphatic heterocycles. The van der Waals surface area contributed by atoms with Crippen LogP contribution in [0.25, 0.3) is 11.4 Å². The number of nitrogens with zero attached hydrogens (tertiary/aromatic N) is 3. The first-order valence-corrected chi connectivity index (χ1v) is 10.8. The van der Waals surface area contributed by atoms with Crippen LogP contribution in [0.3, 0.4) is 0 Å². The number of halogens is 4. The van der Waals surface area contributed by atoms with Crippen LogP contribution in [0.5, 0.6) is 0 Å². The predicted octanol–water partition coefficient (Wildman–Crippen LogP) is 5.36. The summed E-state index contributed by atoms with van der Waals surface area (Å²) >= 11 is 6.81. The van der Waals surface area contributed by atoms with E-state index < -0.39 is 23.3 Å². The van der Waals surface area contributed by atoms with Crippen molar-refractivity contribution in [2.45, 2.75) is 37.5 Å². The molecule has 0 saturated heterocycles. The average Bonchev–Trinajstić information content (AvgIpc) is 3.07. The standard InChI is InChI=1S/C21H21ClF3N5OS/c1-20(2,3)13-9-7-12(8-10-13)18-28-29-19(30(18)26)32-11-16(31)27-17-14(21(23,24)25)5-4-6-15(17)22/h4-10H,11,26H2,1-3H3,(H,27,31). The SMILES string of the molecule is CC(C)(C)c1ccc(-c2nnc(SCC(=O)Nc3c(Cl)cccc3C(F)(F)F)n2N)cc1. The summed E-state index contributed by atoms with van der Waals surface area (Å²) < 4.78 is 40.8. The number of anilines is 1. The molecule has 3 rings (SSSR count). The zero-order valence-electron chi connectivity index (χ0n) is 17.5. The smallest absolute Gasteiger partial charge is 0.335 e. The number of aromatic nitrogens is 3. The van der Waals surface area contributed by atoms with Crippen LogP contribution in [0, 0.1) is 0 Å². The molecule has 6 nitrogen and oxygen atoms in total. The third-order valence-corrected chi connectivity index (χ3v) is 5.85. The van der Waals surface area contributed by atoms with Gasteiger partial charge in [-0.15, -0.1) is 10.2 Å². The first kappa shape index (κ1) is 23.9. The number of carbonyl (C=O) groups excluding carboxylic acids is 1. The van der Waals surface area contributed by atoms with Crippen molar-refractivity contribution in [3.05, 3.63) is 58.6 Å². The lowest BCUT2D eigenvalue weighted by Gasteiger charge is -2.19. The summed E-state index contributed by atoms with van der Waals surface area (Å²) in [6.45, 7) is 6.31. The summed E-state index contributed by atoms with van der Waals surface area (Å²) in [6, 6.07) is 11.0. The van der Waals surface area contributed by atoms with Gasteiger partial charge in [0.05, 0.1) is 22.0 Å². The summed E-state index contributed by atoms with van der Waals surface area (Å²) in [5.74, 6) is 5.55. The van der Waals surface area contributed by atoms with E-state index in [9.17, 15) is 18.0 Å². The third-order valence-electron chi connectivity index (χ3n) is 4.59. The maximum Gasteiger partial charge on any atom is 0.418 e. The highest BCUT2D eigenvalue weighted by molar-refractivity contribution is 7.99. The van der Waals surface area contributed by atoms with E-state index in [2.05, 4.69) is 36.3 Å². The highest BCUT2D eigenvalue weighted by Crippen LogP contribution is 2.38. The first-order chi connectivity index (χ1) is 14.9. The minimum atomic E-state index is -4.66. The van der Waals surface area contributed by atoms with Crippen LogP contribution in [-0.2, 0) is 16.4 Å². The van der Waals surface area contributed by atoms with Gasteiger partial charge in [-0.1, -0.05) is 74.5 Å². The lowest BCUT2D eigenvalue weighted by atomic mass is 9.87. The normalized spacial score (nSPS) is 12.1. The predicted molar refractivity (Wildman–Crippen MR) is 120 cm³/mol. The molecular formula is C21H21ClF3N5OS. The van der Waals surface area contributed by atoms with Crippen molar-refractivity contribution < 1.29 is 18.0 Å². The molecule has 3 N–H and O–H groups in total. The van der Waals surface area contributed by atoms with Crippen molar-refractivity contribution in [1.29, 1.82) is 0 Å². The Hall–Kier alpha value is -2.72. The minimum Gasteiger partial charge on any atom is -0.335 e. The molecule has 0 fully saturated rings. The second-order valence-electron chi connectivity index (χ2n) is 8.00. The molecule has 170 valence electrons. The van der Waals surface area contributed by atoms with E-state index in [0.717, 1.165) is 29.0 Å². The Kier molecular flexibility index (Phi) is 6.75. The number of hydrogen-bond acceptors (Lipinski definition) is 5. The molecule has 0 radical (unpaired) electrons. The van der Waals surface area contributed by atoms with E-state index in [4.69, 9.17) is 17.4 Å². The molecule has 11 heteroatoms. The number of nitrogens with two attached hydrogens (primary N) is 1. The Labute approximate surface area is 192 Å². The minimum absolute atomic E-state index is 0.00305. The Morgan fingerprint density at radius 2 is 1.78 bits per heavy atom. The number of hydrogen-bond donors (Lipinski definition) is 2. The molecule has 1 aromatic heterocycles. The number of thioether (sulfide) groups is 1. The van der Waals surface area contributed by atoms with E-state index in [0.29, 0.717) is 5.82 Å². The lowest BCUT2D eigenvalue weighted by Crippen LogP contribution is -2.19. The van der Waals surface area contributed by atoms with E-state index in [1.165, 1.54) is 16.8 Å². The molecule has 0 bridgehead atoms. The van der Waals surface area contributed by atoms with Gasteiger partial charge in [-0.2, -0.15) is 13.2 Å². The molecule has 2 aromatic carbocycles. The van der Waals surface area contributed by atoms with Gasteiger partial charge in [0, 0.05) is 5.56 Å². The molecule has 3 aromatic rings. The monoisotopic (exact) mass is 483 g/mol. The van der Waals surface area contributed by atoms with Gasteiger partial charge in [0.2, 0.25) is 11.1 Å². The van der Waals surface area contributed by atoms with Crippen LogP contribution < -0.4 is 11.2 Å². The molecule has 0 spiro atoms. The molecule has 0 aliphatic carbocycles. The average molecular weight is 484 g/mol. The summed E-state index contributed by atoms with van der Waals surface area (Å²) in [7, 11) is 0. The second-order valence-corrected chi connectivity index (χ2v) is 9.35. The van der Waals surface area contributed by atoms with Crippen molar-refractivity contribution in [2.24, 2.45) is 0 Å². The van der Waals surface area contributed by atoms with Gasteiger partial charge in [-0.25, -0.2) is 4.68 Å². The molecule has 0 unspecified atom stereocenters. The van der Waals surface area contributed by atoms with E-state index in [1.807, 2.05) is 24.3 Å². The van der Waals surface area contributed by atoms with Gasteiger partial charge < -0.3 is 11.2 Å². The van der Waals surface area contributed by atoms with Gasteiger partial charge in [-0.3, -0.25) is 4.79 Å². The van der Waals surface area contributed by atoms with Gasteiger partial charge in [0.1, 0.15) is 0 Å². The molecule has 0 aliphatic rings. The number of carbonyl (C=O) groups is 1. The molecule has 32 heavy (non-hydrogen) atoms. The Morgan fingerprint density at radius 3 is 2.38 bits per heavy atom. The van der Waals surface area contributed by atoms with Crippen LogP contribution in [0.1, 0.15) is 31.9 Å². The quantitative estimate of drug-likeness (QED) is 0.377. The number of benzene rings is 2. The number of nitrogens with one attached hydrogen (secondary N) is 1. The molecule has 1 heterocycles. The maximum absolute atomic E-state index is 13.2. The molecule has 0 atom stereocenters. The molecular weight excluding hydrogens is 463 g/mol. The van der Waals surface area contributed by atoms with Crippen molar-refractivity contribution in [2.75, 3.05) is 16.9 Å². The van der Waals surface area contributed by atoms with Crippen molar-refractivity contribution in [1.82, 2.24) is 14.9 Å². The van der Waals surface area contributed by atoms with Crippen LogP contribution in [0.4, 0.5) is 18.9 Å². The topological polar surface area (TPSA) is 85.8 Å². The van der Waals surface area contributed by atoms with E-state index in [1.54, 1.807) is 0 Å². The summed E-state index contributed by atoms with van der Waals surface area (Å²) in [4.78, 5) is 12.3. The fourth-order valence-corrected chi connectivity index (χ4v) is 3.76. The number of alkyl halides is 3. The van der Waals surface area contributed by atoms with Crippen LogP contribution >= 0.6 is 23.4 Å². The van der Waals surface area contributed by atoms with E-state index >= 15 is 0 Å². The Bertz CT molecular complexity index is 1120. The largest absolute Gasteiger partial charge is 0.418 e. The first-order valence-electron chi connectivity index (χ1n) is 9.47. The highest BCUT2D eigenvalue weighted by atomic mass is 35.5. The summed E-state index contributed by atoms with van der Waals surface area (Å²) in [5, 5.41) is 10.3. The number of rotatable bonds is 5. The third kappa shape index (κ3) is 5.36. The fraction of sp³-hybridized carbons (Fsp3) is 0.286. The Morgan fingerprint density at radius 1 is 1.12 bits per heavy atom. The highest BCUT2D eigenvalue weighted by Gasteiger charge is 2.34. The zero-order valence-corrected chi connectivity index (χ0v) is 19.1. The number of para-hydroxylation sites is 1. The van der Waals surface area contributed by atoms with E-state index in [-0.39, 0.29) is 21.3 Å². The Balaban J connectivity index is 1.70. The van der Waals surface area contributed by atoms with Crippen LogP contribution in [0.2, 0.25) is 5.02 Å². The molecule has 1 amide bonds. The number of amides is 1. The van der Waals surface area contributed by atoms with Gasteiger partial charge in [-0.05, 0) is 23.1 Å². The van der Waals surface area contributed by atoms with Crippen LogP contribution in [-0.4, -0.2) is 26.5 Å². The lowest BCUT2D eigenvalue weighted by molar-refractivity contribution is -0.137. The van der Waals surface area contributed by atoms with Crippen molar-refractivity contribution >= 4 is 35.0 Å². The zero-order chi connectivity index (χ0) is 23.7. The van der Waals surface area contributed by atoms with Crippen LogP contribution in [0.15, 0.2) is 47.6 Å². The molecule has 0 saturated carbocycles. The van der Waals surface area contributed by atoms with Gasteiger partial charge in [0.25, 0.3) is 0 Å². The van der Waals surface area contributed by atoms with Gasteiger partial charge in [0.15, 0.2) is 5.82 Å². The fourth-order valence-electron chi connectivity index (χ4n) is 2.88. The van der Waals surface area contributed by atoms with Gasteiger partial charge >= 0.3 is 6.18 Å². The maximum atomic E-state index is 13.2. The van der Waals surface area contributed by atoms with Crippen molar-refractivity contribution in [3.63, 3.8) is 0 Å². The second kappa shape index (κ2) is 9.03. The summed E-state index contributed by atoms with van der Waals surface area (Å²) in [6.07, 6.45) is -4.66.